The minimum Gasteiger partial charge on any atom is -0.480 e. The van der Waals surface area contributed by atoms with Crippen LogP contribution in [0, 0.1) is 5.92 Å². The van der Waals surface area contributed by atoms with Crippen LogP contribution in [0.3, 0.4) is 0 Å². The van der Waals surface area contributed by atoms with Gasteiger partial charge in [0.2, 0.25) is 11.8 Å². The number of anilines is 1. The van der Waals surface area contributed by atoms with Crippen LogP contribution in [0.5, 0.6) is 5.88 Å². The second kappa shape index (κ2) is 4.96. The van der Waals surface area contributed by atoms with Crippen LogP contribution < -0.4 is 10.1 Å². The molecule has 16 heavy (non-hydrogen) atoms. The molecule has 1 aliphatic carbocycles. The molecule has 1 heterocycles. The van der Waals surface area contributed by atoms with Crippen molar-refractivity contribution in [2.75, 3.05) is 12.4 Å². The van der Waals surface area contributed by atoms with Gasteiger partial charge in [-0.1, -0.05) is 12.8 Å². The second-order valence-electron chi connectivity index (χ2n) is 4.03. The number of hydrogen-bond acceptors (Lipinski definition) is 3. The van der Waals surface area contributed by atoms with E-state index in [1.165, 1.54) is 0 Å². The van der Waals surface area contributed by atoms with E-state index < -0.39 is 0 Å². The minimum atomic E-state index is 0.0869. The lowest BCUT2D eigenvalue weighted by Crippen LogP contribution is -2.20. The summed E-state index contributed by atoms with van der Waals surface area (Å²) >= 11 is 0. The quantitative estimate of drug-likeness (QED) is 0.849. The van der Waals surface area contributed by atoms with E-state index >= 15 is 0 Å². The zero-order valence-electron chi connectivity index (χ0n) is 9.40. The SMILES string of the molecule is COc1ncccc1NC(=O)C1CCCC1. The first-order chi connectivity index (χ1) is 7.81. The lowest BCUT2D eigenvalue weighted by atomic mass is 10.1. The third-order valence-corrected chi connectivity index (χ3v) is 2.95. The number of rotatable bonds is 3. The molecular formula is C12H16N2O2. The summed E-state index contributed by atoms with van der Waals surface area (Å²) in [5, 5.41) is 2.88. The Morgan fingerprint density at radius 3 is 2.94 bits per heavy atom. The molecule has 2 rings (SSSR count). The number of ether oxygens (including phenoxy) is 1. The van der Waals surface area contributed by atoms with Gasteiger partial charge in [0.05, 0.1) is 7.11 Å². The number of nitrogens with zero attached hydrogens (tertiary/aromatic N) is 1. The van der Waals surface area contributed by atoms with E-state index in [4.69, 9.17) is 4.74 Å². The van der Waals surface area contributed by atoms with Gasteiger partial charge >= 0.3 is 0 Å². The molecule has 0 radical (unpaired) electrons. The fourth-order valence-electron chi connectivity index (χ4n) is 2.07. The van der Waals surface area contributed by atoms with Gasteiger partial charge in [-0.15, -0.1) is 0 Å². The summed E-state index contributed by atoms with van der Waals surface area (Å²) in [6.07, 6.45) is 5.94. The molecule has 0 aromatic carbocycles. The zero-order chi connectivity index (χ0) is 11.4. The fourth-order valence-corrected chi connectivity index (χ4v) is 2.07. The van der Waals surface area contributed by atoms with Crippen molar-refractivity contribution in [3.05, 3.63) is 18.3 Å². The summed E-state index contributed by atoms with van der Waals surface area (Å²) in [5.41, 5.74) is 0.655. The number of carbonyl (C=O) groups is 1. The van der Waals surface area contributed by atoms with Crippen LogP contribution in [0.15, 0.2) is 18.3 Å². The predicted octanol–water partition coefficient (Wildman–Crippen LogP) is 2.22. The van der Waals surface area contributed by atoms with Crippen molar-refractivity contribution < 1.29 is 9.53 Å². The molecule has 1 N–H and O–H groups in total. The van der Waals surface area contributed by atoms with Crippen molar-refractivity contribution in [2.24, 2.45) is 5.92 Å². The standard InChI is InChI=1S/C12H16N2O2/c1-16-12-10(7-4-8-13-12)14-11(15)9-5-2-3-6-9/h4,7-9H,2-3,5-6H2,1H3,(H,14,15). The van der Waals surface area contributed by atoms with Gasteiger partial charge in [0, 0.05) is 12.1 Å². The normalized spacial score (nSPS) is 16.1. The molecule has 4 nitrogen and oxygen atoms in total. The molecule has 1 aromatic rings. The Morgan fingerprint density at radius 2 is 2.25 bits per heavy atom. The Morgan fingerprint density at radius 1 is 1.50 bits per heavy atom. The molecule has 1 saturated carbocycles. The van der Waals surface area contributed by atoms with Crippen LogP contribution >= 0.6 is 0 Å². The highest BCUT2D eigenvalue weighted by molar-refractivity contribution is 5.93. The predicted molar refractivity (Wildman–Crippen MR) is 61.4 cm³/mol. The van der Waals surface area contributed by atoms with Gasteiger partial charge in [-0.25, -0.2) is 4.98 Å². The van der Waals surface area contributed by atoms with Gasteiger partial charge in [-0.2, -0.15) is 0 Å². The lowest BCUT2D eigenvalue weighted by Gasteiger charge is -2.12. The molecule has 86 valence electrons. The van der Waals surface area contributed by atoms with Crippen molar-refractivity contribution in [1.29, 1.82) is 0 Å². The second-order valence-corrected chi connectivity index (χ2v) is 4.03. The molecule has 0 unspecified atom stereocenters. The molecule has 4 heteroatoms. The zero-order valence-corrected chi connectivity index (χ0v) is 9.40. The first-order valence-corrected chi connectivity index (χ1v) is 5.61. The van der Waals surface area contributed by atoms with Crippen molar-refractivity contribution in [3.8, 4) is 5.88 Å². The summed E-state index contributed by atoms with van der Waals surface area (Å²) in [6, 6.07) is 3.59. The highest BCUT2D eigenvalue weighted by Gasteiger charge is 2.23. The first-order valence-electron chi connectivity index (χ1n) is 5.61. The molecule has 0 saturated heterocycles. The van der Waals surface area contributed by atoms with Gasteiger partial charge in [-0.05, 0) is 25.0 Å². The Hall–Kier alpha value is -1.58. The number of amides is 1. The van der Waals surface area contributed by atoms with Crippen molar-refractivity contribution in [1.82, 2.24) is 4.98 Å². The molecular weight excluding hydrogens is 204 g/mol. The number of carbonyl (C=O) groups excluding carboxylic acids is 1. The van der Waals surface area contributed by atoms with E-state index in [1.807, 2.05) is 0 Å². The van der Waals surface area contributed by atoms with Gasteiger partial charge in [0.1, 0.15) is 5.69 Å². The highest BCUT2D eigenvalue weighted by Crippen LogP contribution is 2.27. The maximum Gasteiger partial charge on any atom is 0.237 e. The lowest BCUT2D eigenvalue weighted by molar-refractivity contribution is -0.119. The Labute approximate surface area is 95.0 Å². The summed E-state index contributed by atoms with van der Waals surface area (Å²) in [7, 11) is 1.55. The van der Waals surface area contributed by atoms with Gasteiger partial charge < -0.3 is 10.1 Å². The molecule has 0 spiro atoms. The van der Waals surface area contributed by atoms with Gasteiger partial charge in [-0.3, -0.25) is 4.79 Å². The highest BCUT2D eigenvalue weighted by atomic mass is 16.5. The smallest absolute Gasteiger partial charge is 0.237 e. The molecule has 0 atom stereocenters. The van der Waals surface area contributed by atoms with E-state index in [2.05, 4.69) is 10.3 Å². The molecule has 0 aliphatic heterocycles. The largest absolute Gasteiger partial charge is 0.480 e. The molecule has 1 fully saturated rings. The van der Waals surface area contributed by atoms with Crippen LogP contribution in [0.1, 0.15) is 25.7 Å². The van der Waals surface area contributed by atoms with E-state index in [1.54, 1.807) is 25.4 Å². The van der Waals surface area contributed by atoms with Crippen LogP contribution in [-0.2, 0) is 4.79 Å². The summed E-state index contributed by atoms with van der Waals surface area (Å²) in [4.78, 5) is 15.9. The maximum absolute atomic E-state index is 11.9. The van der Waals surface area contributed by atoms with Crippen LogP contribution in [0.25, 0.3) is 0 Å². The monoisotopic (exact) mass is 220 g/mol. The van der Waals surface area contributed by atoms with Crippen LogP contribution in [0.2, 0.25) is 0 Å². The average molecular weight is 220 g/mol. The number of nitrogens with one attached hydrogen (secondary N) is 1. The molecule has 0 bridgehead atoms. The van der Waals surface area contributed by atoms with Gasteiger partial charge in [0.25, 0.3) is 0 Å². The van der Waals surface area contributed by atoms with Gasteiger partial charge in [0.15, 0.2) is 0 Å². The minimum absolute atomic E-state index is 0.0869. The number of hydrogen-bond donors (Lipinski definition) is 1. The van der Waals surface area contributed by atoms with E-state index in [0.29, 0.717) is 11.6 Å². The van der Waals surface area contributed by atoms with E-state index in [0.717, 1.165) is 25.7 Å². The summed E-state index contributed by atoms with van der Waals surface area (Å²) in [5.74, 6) is 0.711. The summed E-state index contributed by atoms with van der Waals surface area (Å²) in [6.45, 7) is 0. The Kier molecular flexibility index (Phi) is 3.39. The Bertz CT molecular complexity index is 373. The maximum atomic E-state index is 11.9. The van der Waals surface area contributed by atoms with Crippen LogP contribution in [-0.4, -0.2) is 18.0 Å². The van der Waals surface area contributed by atoms with Crippen LogP contribution in [0.4, 0.5) is 5.69 Å². The number of methoxy groups -OCH3 is 1. The fraction of sp³-hybridized carbons (Fsp3) is 0.500. The third-order valence-electron chi connectivity index (χ3n) is 2.95. The van der Waals surface area contributed by atoms with E-state index in [9.17, 15) is 4.79 Å². The van der Waals surface area contributed by atoms with Crippen molar-refractivity contribution >= 4 is 11.6 Å². The van der Waals surface area contributed by atoms with Crippen molar-refractivity contribution in [3.63, 3.8) is 0 Å². The van der Waals surface area contributed by atoms with Crippen molar-refractivity contribution in [2.45, 2.75) is 25.7 Å². The third kappa shape index (κ3) is 2.32. The molecule has 1 amide bonds. The Balaban J connectivity index is 2.05. The topological polar surface area (TPSA) is 51.2 Å². The summed E-state index contributed by atoms with van der Waals surface area (Å²) < 4.78 is 5.08. The van der Waals surface area contributed by atoms with E-state index in [-0.39, 0.29) is 11.8 Å². The molecule has 1 aliphatic rings. The first kappa shape index (κ1) is 10.9. The molecule has 1 aromatic heterocycles. The number of pyridine rings is 1. The number of aromatic nitrogens is 1. The average Bonchev–Trinajstić information content (AvgIpc) is 2.83.